The summed E-state index contributed by atoms with van der Waals surface area (Å²) in [4.78, 5) is 11.6. The highest BCUT2D eigenvalue weighted by Gasteiger charge is 2.61. The van der Waals surface area contributed by atoms with Crippen LogP contribution in [0, 0.1) is 16.7 Å². The summed E-state index contributed by atoms with van der Waals surface area (Å²) in [6.45, 7) is 18.4. The third kappa shape index (κ3) is 12.7. The summed E-state index contributed by atoms with van der Waals surface area (Å²) >= 11 is 0. The van der Waals surface area contributed by atoms with E-state index in [9.17, 15) is 4.79 Å². The Morgan fingerprint density at radius 1 is 0.810 bits per heavy atom. The topological polar surface area (TPSA) is 97.3 Å². The van der Waals surface area contributed by atoms with Gasteiger partial charge < -0.3 is 18.1 Å². The molecule has 234 valence electrons. The van der Waals surface area contributed by atoms with Crippen LogP contribution in [0.15, 0.2) is 86.0 Å². The van der Waals surface area contributed by atoms with Crippen LogP contribution in [-0.2, 0) is 28.3 Å². The third-order valence-corrected chi connectivity index (χ3v) is 8.64. The molecule has 0 heterocycles. The van der Waals surface area contributed by atoms with Crippen LogP contribution >= 0.6 is 0 Å². The number of hydrogen-bond acceptors (Lipinski definition) is 5. The molecular weight excluding hydrogens is 548 g/mol. The van der Waals surface area contributed by atoms with Gasteiger partial charge in [-0.1, -0.05) is 94.6 Å². The van der Waals surface area contributed by atoms with E-state index >= 15 is 0 Å². The number of ketones is 1. The Morgan fingerprint density at radius 2 is 1.17 bits per heavy atom. The summed E-state index contributed by atoms with van der Waals surface area (Å²) in [6.07, 6.45) is 7.20. The van der Waals surface area contributed by atoms with Gasteiger partial charge in [0.1, 0.15) is 18.9 Å². The molecule has 2 bridgehead atoms. The monoisotopic (exact) mass is 600 g/mol. The van der Waals surface area contributed by atoms with Crippen molar-refractivity contribution < 1.29 is 31.3 Å². The number of carbonyl (C=O) groups excluding carboxylic acids is 1. The summed E-state index contributed by atoms with van der Waals surface area (Å²) in [5.41, 5.74) is 3.07. The van der Waals surface area contributed by atoms with Gasteiger partial charge in [-0.15, -0.1) is 0 Å². The van der Waals surface area contributed by atoms with Gasteiger partial charge in [0, 0.05) is 33.4 Å². The fourth-order valence-corrected chi connectivity index (χ4v) is 5.88. The van der Waals surface area contributed by atoms with Crippen LogP contribution in [-0.4, -0.2) is 73.6 Å². The molecule has 0 N–H and O–H groups in total. The van der Waals surface area contributed by atoms with Crippen molar-refractivity contribution in [1.29, 1.82) is 0 Å². The Hall–Kier alpha value is -2.62. The first-order valence-electron chi connectivity index (χ1n) is 14.4. The second kappa shape index (κ2) is 15.7. The van der Waals surface area contributed by atoms with Crippen LogP contribution in [0.1, 0.15) is 51.2 Å². The van der Waals surface area contributed by atoms with Gasteiger partial charge in [0.2, 0.25) is 0 Å². The van der Waals surface area contributed by atoms with Gasteiger partial charge in [-0.05, 0) is 36.3 Å². The second-order valence-corrected chi connectivity index (χ2v) is 14.2. The predicted octanol–water partition coefficient (Wildman–Crippen LogP) is 5.96. The maximum absolute atomic E-state index is 11.6. The molecule has 0 saturated heterocycles. The predicted molar refractivity (Wildman–Crippen MR) is 169 cm³/mol. The van der Waals surface area contributed by atoms with E-state index in [2.05, 4.69) is 123 Å². The van der Waals surface area contributed by atoms with Crippen LogP contribution in [0.25, 0.3) is 0 Å². The Kier molecular flexibility index (Phi) is 14.0. The fourth-order valence-electron chi connectivity index (χ4n) is 5.88. The summed E-state index contributed by atoms with van der Waals surface area (Å²) in [7, 11) is 3.70. The van der Waals surface area contributed by atoms with Gasteiger partial charge >= 0.3 is 0 Å². The molecule has 8 heteroatoms. The third-order valence-electron chi connectivity index (χ3n) is 8.64. The van der Waals surface area contributed by atoms with Crippen LogP contribution in [0.4, 0.5) is 0 Å². The van der Waals surface area contributed by atoms with Crippen molar-refractivity contribution >= 4 is 16.2 Å². The maximum atomic E-state index is 11.6. The van der Waals surface area contributed by atoms with Gasteiger partial charge in [0.15, 0.2) is 0 Å². The first-order chi connectivity index (χ1) is 19.3. The minimum absolute atomic E-state index is 0.0255. The van der Waals surface area contributed by atoms with E-state index in [1.807, 2.05) is 12.2 Å². The molecule has 2 aliphatic rings. The average molecular weight is 601 g/mol. The summed E-state index contributed by atoms with van der Waals surface area (Å²) in [6, 6.07) is 21.1. The summed E-state index contributed by atoms with van der Waals surface area (Å²) < 4.78 is 36.0. The first kappa shape index (κ1) is 37.4. The Morgan fingerprint density at radius 3 is 1.38 bits per heavy atom. The molecule has 2 saturated carbocycles. The van der Waals surface area contributed by atoms with Crippen LogP contribution in [0.3, 0.4) is 0 Å². The molecule has 0 spiro atoms. The van der Waals surface area contributed by atoms with E-state index < -0.39 is 10.4 Å². The molecule has 0 aliphatic heterocycles. The van der Waals surface area contributed by atoms with Gasteiger partial charge in [-0.25, -0.2) is 0 Å². The highest BCUT2D eigenvalue weighted by molar-refractivity contribution is 7.79. The number of Topliss-reactive ketones (excluding diaryl/α,β-unsaturated/α-hetero) is 1. The normalized spacial score (nSPS) is 20.6. The molecule has 2 aromatic carbocycles. The number of nitrogens with zero attached hydrogens (tertiary/aromatic N) is 2. The molecule has 2 aromatic rings. The number of likely N-dealkylation sites (N-methyl/N-ethyl adjacent to an activating group) is 2. The Balaban J connectivity index is 0.000000292. The average Bonchev–Trinajstić information content (AvgIpc) is 3.18. The van der Waals surface area contributed by atoms with Crippen molar-refractivity contribution in [3.63, 3.8) is 0 Å². The molecule has 2 unspecified atom stereocenters. The van der Waals surface area contributed by atoms with Crippen LogP contribution in [0.5, 0.6) is 0 Å². The maximum Gasteiger partial charge on any atom is 0.139 e. The van der Waals surface area contributed by atoms with E-state index in [-0.39, 0.29) is 10.8 Å². The Bertz CT molecular complexity index is 1170. The molecule has 0 amide bonds. The molecule has 42 heavy (non-hydrogen) atoms. The zero-order valence-electron chi connectivity index (χ0n) is 26.7. The van der Waals surface area contributed by atoms with Crippen molar-refractivity contribution in [2.24, 2.45) is 16.7 Å². The summed E-state index contributed by atoms with van der Waals surface area (Å²) in [5, 5.41) is 0. The van der Waals surface area contributed by atoms with Gasteiger partial charge in [-0.2, -0.15) is 0 Å². The largest absolute Gasteiger partial charge is 0.759 e. The molecule has 2 atom stereocenters. The zero-order chi connectivity index (χ0) is 32.2. The highest BCUT2D eigenvalue weighted by atomic mass is 32.3. The highest BCUT2D eigenvalue weighted by Crippen LogP contribution is 2.63. The van der Waals surface area contributed by atoms with E-state index in [0.717, 1.165) is 48.0 Å². The molecule has 7 nitrogen and oxygen atoms in total. The lowest BCUT2D eigenvalue weighted by molar-refractivity contribution is -0.897. The molecule has 0 radical (unpaired) electrons. The van der Waals surface area contributed by atoms with Crippen molar-refractivity contribution in [3.05, 3.63) is 97.1 Å². The van der Waals surface area contributed by atoms with Crippen molar-refractivity contribution in [3.8, 4) is 0 Å². The number of fused-ring (bicyclic) bond motifs is 2. The van der Waals surface area contributed by atoms with Crippen molar-refractivity contribution in [1.82, 2.24) is 0 Å². The van der Waals surface area contributed by atoms with E-state index in [1.165, 1.54) is 17.5 Å². The zero-order valence-corrected chi connectivity index (χ0v) is 27.5. The lowest BCUT2D eigenvalue weighted by Crippen LogP contribution is -2.38. The lowest BCUT2D eigenvalue weighted by atomic mass is 9.70. The standard InChI is InChI=1S/2C12H18N.C10H16O.H2O4S/c2*1-4-10-13(2,3)11-12-8-6-5-7-9-12;1-9(2)7-4-5-10(9,3)8(11)6-7;1-5(2,3)4/h2*4-9H,1,10-11H2,2-3H3;7H,4-6H2,1-3H3;(H2,1,2,3,4)/q2*+1;;/p-2. The minimum atomic E-state index is -5.17. The molecule has 4 rings (SSSR count). The van der Waals surface area contributed by atoms with E-state index in [0.29, 0.717) is 11.7 Å². The molecular formula is C34H52N2O5S. The van der Waals surface area contributed by atoms with Crippen LogP contribution < -0.4 is 0 Å². The lowest BCUT2D eigenvalue weighted by Gasteiger charge is -2.32. The van der Waals surface area contributed by atoms with Gasteiger partial charge in [-0.3, -0.25) is 13.2 Å². The van der Waals surface area contributed by atoms with Gasteiger partial charge in [0.25, 0.3) is 0 Å². The number of carbonyl (C=O) groups is 1. The van der Waals surface area contributed by atoms with Crippen LogP contribution in [0.2, 0.25) is 0 Å². The van der Waals surface area contributed by atoms with Gasteiger partial charge in [0.05, 0.1) is 41.3 Å². The molecule has 2 aliphatic carbocycles. The summed E-state index contributed by atoms with van der Waals surface area (Å²) in [5.74, 6) is 1.19. The van der Waals surface area contributed by atoms with Crippen molar-refractivity contribution in [2.75, 3.05) is 41.3 Å². The Labute approximate surface area is 255 Å². The fraction of sp³-hybridized carbons (Fsp3) is 0.500. The first-order valence-corrected chi connectivity index (χ1v) is 15.7. The van der Waals surface area contributed by atoms with E-state index in [1.54, 1.807) is 0 Å². The quantitative estimate of drug-likeness (QED) is 0.161. The second-order valence-electron chi connectivity index (χ2n) is 13.4. The van der Waals surface area contributed by atoms with E-state index in [4.69, 9.17) is 17.5 Å². The molecule has 0 aromatic heterocycles. The minimum Gasteiger partial charge on any atom is -0.759 e. The number of hydrogen-bond donors (Lipinski definition) is 0. The number of rotatable bonds is 8. The smallest absolute Gasteiger partial charge is 0.139 e. The number of quaternary nitrogens is 2. The van der Waals surface area contributed by atoms with Crippen molar-refractivity contribution in [2.45, 2.75) is 53.1 Å². The number of benzene rings is 2. The molecule has 2 fully saturated rings. The SMILES string of the molecule is C=CC[N+](C)(C)Cc1ccccc1.C=CC[N+](C)(C)Cc1ccccc1.CC12CCC(CC1=O)C2(C)C.O=S(=O)([O-])[O-].